The van der Waals surface area contributed by atoms with Crippen molar-refractivity contribution in [3.63, 3.8) is 0 Å². The van der Waals surface area contributed by atoms with E-state index in [0.29, 0.717) is 0 Å². The molecule has 0 amide bonds. The molecule has 0 saturated carbocycles. The third-order valence-corrected chi connectivity index (χ3v) is 4.70. The third kappa shape index (κ3) is 1.14. The highest BCUT2D eigenvalue weighted by Gasteiger charge is 2.09. The molecule has 0 aliphatic carbocycles. The first kappa shape index (κ1) is 9.80. The van der Waals surface area contributed by atoms with Crippen LogP contribution in [-0.4, -0.2) is 9.13 Å². The van der Waals surface area contributed by atoms with Gasteiger partial charge in [-0.2, -0.15) is 0 Å². The number of benzene rings is 1. The van der Waals surface area contributed by atoms with Crippen LogP contribution in [0.2, 0.25) is 0 Å². The second-order valence-corrected chi connectivity index (χ2v) is 5.63. The predicted molar refractivity (Wildman–Crippen MR) is 67.7 cm³/mol. The molecule has 0 saturated heterocycles. The average Bonchev–Trinajstić information content (AvgIpc) is 2.66. The SMILES string of the molecule is Cn1c(=O)sc2cc3sc(=O)n(C)c3cc21. The first-order valence-corrected chi connectivity index (χ1v) is 6.30. The molecule has 3 rings (SSSR count). The van der Waals surface area contributed by atoms with E-state index in [-0.39, 0.29) is 9.75 Å². The van der Waals surface area contributed by atoms with Crippen molar-refractivity contribution in [2.45, 2.75) is 0 Å². The first-order chi connectivity index (χ1) is 7.58. The van der Waals surface area contributed by atoms with Crippen molar-refractivity contribution in [1.29, 1.82) is 0 Å². The quantitative estimate of drug-likeness (QED) is 0.609. The minimum atomic E-state index is 0.0256. The molecule has 0 atom stereocenters. The van der Waals surface area contributed by atoms with E-state index in [1.54, 1.807) is 23.2 Å². The number of aryl methyl sites for hydroxylation is 2. The molecular weight excluding hydrogens is 244 g/mol. The van der Waals surface area contributed by atoms with Crippen LogP contribution in [0.1, 0.15) is 0 Å². The van der Waals surface area contributed by atoms with Crippen LogP contribution in [0.5, 0.6) is 0 Å². The van der Waals surface area contributed by atoms with Crippen molar-refractivity contribution in [1.82, 2.24) is 9.13 Å². The zero-order valence-electron chi connectivity index (χ0n) is 8.68. The Morgan fingerprint density at radius 3 is 1.75 bits per heavy atom. The van der Waals surface area contributed by atoms with Gasteiger partial charge in [-0.05, 0) is 12.1 Å². The number of thiazole rings is 2. The van der Waals surface area contributed by atoms with E-state index in [1.165, 1.54) is 22.7 Å². The van der Waals surface area contributed by atoms with Gasteiger partial charge in [0.25, 0.3) is 0 Å². The summed E-state index contributed by atoms with van der Waals surface area (Å²) in [7, 11) is 3.49. The Labute approximate surface area is 98.0 Å². The highest BCUT2D eigenvalue weighted by atomic mass is 32.1. The van der Waals surface area contributed by atoms with E-state index >= 15 is 0 Å². The van der Waals surface area contributed by atoms with Gasteiger partial charge in [-0.25, -0.2) is 0 Å². The topological polar surface area (TPSA) is 44.0 Å². The van der Waals surface area contributed by atoms with E-state index in [2.05, 4.69) is 0 Å². The van der Waals surface area contributed by atoms with Gasteiger partial charge in [0.2, 0.25) is 0 Å². The molecular formula is C10H8N2O2S2. The fraction of sp³-hybridized carbons (Fsp3) is 0.200. The maximum atomic E-state index is 11.5. The van der Waals surface area contributed by atoms with Crippen molar-refractivity contribution in [3.8, 4) is 0 Å². The fourth-order valence-corrected chi connectivity index (χ4v) is 3.62. The Balaban J connectivity index is 2.63. The number of rotatable bonds is 0. The Morgan fingerprint density at radius 1 is 0.875 bits per heavy atom. The second-order valence-electron chi connectivity index (χ2n) is 3.64. The molecule has 3 aromatic rings. The monoisotopic (exact) mass is 252 g/mol. The van der Waals surface area contributed by atoms with Crippen LogP contribution in [0.4, 0.5) is 0 Å². The molecule has 2 aromatic heterocycles. The van der Waals surface area contributed by atoms with Gasteiger partial charge < -0.3 is 9.13 Å². The Hall–Kier alpha value is -1.40. The van der Waals surface area contributed by atoms with Crippen molar-refractivity contribution in [2.75, 3.05) is 0 Å². The number of aromatic nitrogens is 2. The number of nitrogens with zero attached hydrogens (tertiary/aromatic N) is 2. The van der Waals surface area contributed by atoms with Gasteiger partial charge in [0.1, 0.15) is 0 Å². The van der Waals surface area contributed by atoms with E-state index < -0.39 is 0 Å². The number of hydrogen-bond donors (Lipinski definition) is 0. The molecule has 0 spiro atoms. The molecule has 4 nitrogen and oxygen atoms in total. The van der Waals surface area contributed by atoms with Crippen molar-refractivity contribution in [2.24, 2.45) is 14.1 Å². The first-order valence-electron chi connectivity index (χ1n) is 4.67. The highest BCUT2D eigenvalue weighted by molar-refractivity contribution is 7.18. The van der Waals surface area contributed by atoms with E-state index in [9.17, 15) is 9.59 Å². The van der Waals surface area contributed by atoms with Crippen LogP contribution in [-0.2, 0) is 14.1 Å². The molecule has 0 bridgehead atoms. The average molecular weight is 252 g/mol. The summed E-state index contributed by atoms with van der Waals surface area (Å²) >= 11 is 2.42. The largest absolute Gasteiger partial charge is 0.307 e. The zero-order valence-corrected chi connectivity index (χ0v) is 10.3. The van der Waals surface area contributed by atoms with Gasteiger partial charge in [-0.3, -0.25) is 9.59 Å². The molecule has 0 aliphatic heterocycles. The summed E-state index contributed by atoms with van der Waals surface area (Å²) in [5.74, 6) is 0. The third-order valence-electron chi connectivity index (χ3n) is 2.71. The molecule has 0 unspecified atom stereocenters. The molecule has 1 aromatic carbocycles. The summed E-state index contributed by atoms with van der Waals surface area (Å²) < 4.78 is 5.09. The van der Waals surface area contributed by atoms with Crippen LogP contribution in [0.25, 0.3) is 20.4 Å². The lowest BCUT2D eigenvalue weighted by atomic mass is 10.3. The molecule has 0 fully saturated rings. The van der Waals surface area contributed by atoms with Gasteiger partial charge in [-0.15, -0.1) is 0 Å². The summed E-state index contributed by atoms with van der Waals surface area (Å²) in [6.45, 7) is 0. The fourth-order valence-electron chi connectivity index (χ4n) is 1.75. The van der Waals surface area contributed by atoms with Crippen LogP contribution in [0.3, 0.4) is 0 Å². The van der Waals surface area contributed by atoms with E-state index in [0.717, 1.165) is 20.4 Å². The molecule has 16 heavy (non-hydrogen) atoms. The Kier molecular flexibility index (Phi) is 1.87. The summed E-state index contributed by atoms with van der Waals surface area (Å²) in [6.07, 6.45) is 0. The van der Waals surface area contributed by atoms with Gasteiger partial charge in [0.05, 0.1) is 20.4 Å². The van der Waals surface area contributed by atoms with E-state index in [1.807, 2.05) is 12.1 Å². The van der Waals surface area contributed by atoms with Crippen LogP contribution < -0.4 is 9.75 Å². The molecule has 0 radical (unpaired) electrons. The summed E-state index contributed by atoms with van der Waals surface area (Å²) in [5, 5.41) is 0. The lowest BCUT2D eigenvalue weighted by molar-refractivity contribution is 0.927. The van der Waals surface area contributed by atoms with Crippen LogP contribution in [0.15, 0.2) is 21.7 Å². The smallest absolute Gasteiger partial charge is 0.302 e. The summed E-state index contributed by atoms with van der Waals surface area (Å²) in [4.78, 5) is 23.1. The van der Waals surface area contributed by atoms with Gasteiger partial charge >= 0.3 is 9.75 Å². The molecule has 2 heterocycles. The number of fused-ring (bicyclic) bond motifs is 2. The molecule has 6 heteroatoms. The second kappa shape index (κ2) is 3.05. The minimum Gasteiger partial charge on any atom is -0.302 e. The van der Waals surface area contributed by atoms with Gasteiger partial charge in [-0.1, -0.05) is 22.7 Å². The normalized spacial score (nSPS) is 11.6. The molecule has 82 valence electrons. The van der Waals surface area contributed by atoms with Crippen molar-refractivity contribution >= 4 is 43.1 Å². The van der Waals surface area contributed by atoms with Crippen LogP contribution >= 0.6 is 22.7 Å². The Morgan fingerprint density at radius 2 is 1.31 bits per heavy atom. The maximum Gasteiger partial charge on any atom is 0.307 e. The molecule has 0 N–H and O–H groups in total. The van der Waals surface area contributed by atoms with Gasteiger partial charge in [0.15, 0.2) is 0 Å². The van der Waals surface area contributed by atoms with Crippen molar-refractivity contribution in [3.05, 3.63) is 31.5 Å². The van der Waals surface area contributed by atoms with Crippen molar-refractivity contribution < 1.29 is 0 Å². The lowest BCUT2D eigenvalue weighted by Gasteiger charge is -1.96. The Bertz CT molecular complexity index is 753. The molecule has 0 aliphatic rings. The minimum absolute atomic E-state index is 0.0256. The zero-order chi connectivity index (χ0) is 11.4. The highest BCUT2D eigenvalue weighted by Crippen LogP contribution is 2.25. The van der Waals surface area contributed by atoms with E-state index in [4.69, 9.17) is 0 Å². The summed E-state index contributed by atoms with van der Waals surface area (Å²) in [6, 6.07) is 3.82. The lowest BCUT2D eigenvalue weighted by Crippen LogP contribution is -2.07. The predicted octanol–water partition coefficient (Wildman–Crippen LogP) is 1.51. The number of hydrogen-bond acceptors (Lipinski definition) is 4. The standard InChI is InChI=1S/C10H8N2O2S2/c1-11-5-3-6-8(16-10(14)12(6)2)4-7(5)15-9(11)13/h3-4H,1-2H3. The van der Waals surface area contributed by atoms with Crippen LogP contribution in [0, 0.1) is 0 Å². The maximum absolute atomic E-state index is 11.5. The summed E-state index contributed by atoms with van der Waals surface area (Å²) in [5.41, 5.74) is 1.77. The van der Waals surface area contributed by atoms with Gasteiger partial charge in [0, 0.05) is 14.1 Å².